The monoisotopic (exact) mass is 277 g/mol. The molecule has 0 saturated heterocycles. The van der Waals surface area contributed by atoms with Crippen LogP contribution >= 0.6 is 0 Å². The Kier molecular flexibility index (Phi) is 22.4. The van der Waals surface area contributed by atoms with Crippen LogP contribution in [-0.2, 0) is 14.2 Å². The Hall–Kier alpha value is -0.160. The summed E-state index contributed by atoms with van der Waals surface area (Å²) in [5.74, 6) is 0. The maximum atomic E-state index is 5.54. The van der Waals surface area contributed by atoms with E-state index in [0.29, 0.717) is 13.2 Å². The van der Waals surface area contributed by atoms with E-state index in [2.05, 4.69) is 18.9 Å². The highest BCUT2D eigenvalue weighted by molar-refractivity contribution is 4.49. The van der Waals surface area contributed by atoms with Crippen LogP contribution in [0.15, 0.2) is 0 Å². The summed E-state index contributed by atoms with van der Waals surface area (Å²) in [4.78, 5) is 2.32. The van der Waals surface area contributed by atoms with Gasteiger partial charge >= 0.3 is 0 Å². The minimum atomic E-state index is 0.670. The molecule has 0 rings (SSSR count). The largest absolute Gasteiger partial charge is 0.382 e. The van der Waals surface area contributed by atoms with Gasteiger partial charge in [0.1, 0.15) is 0 Å². The number of ether oxygens (including phenoxy) is 3. The number of hydrogen-bond acceptors (Lipinski definition) is 4. The Morgan fingerprint density at radius 3 is 2.00 bits per heavy atom. The summed E-state index contributed by atoms with van der Waals surface area (Å²) in [6, 6.07) is 0. The van der Waals surface area contributed by atoms with Crippen molar-refractivity contribution in [2.45, 2.75) is 40.0 Å². The molecule has 0 aromatic rings. The maximum absolute atomic E-state index is 5.54. The molecular formula is C15H35NO3. The van der Waals surface area contributed by atoms with Gasteiger partial charge in [0.05, 0.1) is 19.8 Å². The van der Waals surface area contributed by atoms with Crippen LogP contribution < -0.4 is 0 Å². The minimum absolute atomic E-state index is 0.670. The van der Waals surface area contributed by atoms with E-state index in [4.69, 9.17) is 14.2 Å². The highest BCUT2D eigenvalue weighted by Crippen LogP contribution is 1.92. The number of unbranched alkanes of at least 4 members (excludes halogenated alkanes) is 1. The standard InChI is InChI=1S/C13H29NO3.C2H6/c1-4-5-7-14(2)8-11-16-9-6-10-17-13-12-15-3;1-2/h4-13H2,1-3H3;1-2H3. The van der Waals surface area contributed by atoms with Gasteiger partial charge in [-0.05, 0) is 26.4 Å². The highest BCUT2D eigenvalue weighted by atomic mass is 16.5. The second-order valence-corrected chi connectivity index (χ2v) is 4.23. The fourth-order valence-corrected chi connectivity index (χ4v) is 1.37. The lowest BCUT2D eigenvalue weighted by molar-refractivity contribution is 0.0483. The molecule has 0 spiro atoms. The molecule has 0 bridgehead atoms. The molecule has 0 heterocycles. The molecule has 0 N–H and O–H groups in total. The van der Waals surface area contributed by atoms with Crippen LogP contribution in [0.2, 0.25) is 0 Å². The lowest BCUT2D eigenvalue weighted by Gasteiger charge is -2.15. The first-order valence-electron chi connectivity index (χ1n) is 7.64. The molecule has 4 nitrogen and oxygen atoms in total. The number of methoxy groups -OCH3 is 1. The van der Waals surface area contributed by atoms with E-state index < -0.39 is 0 Å². The molecule has 4 heteroatoms. The molecule has 0 atom stereocenters. The first-order chi connectivity index (χ1) is 9.31. The Morgan fingerprint density at radius 2 is 1.42 bits per heavy atom. The van der Waals surface area contributed by atoms with Crippen LogP contribution in [0.3, 0.4) is 0 Å². The predicted octanol–water partition coefficient (Wildman–Crippen LogP) is 2.81. The van der Waals surface area contributed by atoms with Crippen molar-refractivity contribution in [1.29, 1.82) is 0 Å². The van der Waals surface area contributed by atoms with Crippen LogP contribution in [0.4, 0.5) is 0 Å². The lowest BCUT2D eigenvalue weighted by Crippen LogP contribution is -2.24. The van der Waals surface area contributed by atoms with Crippen molar-refractivity contribution in [2.75, 3.05) is 60.3 Å². The van der Waals surface area contributed by atoms with Gasteiger partial charge in [-0.3, -0.25) is 0 Å². The Labute approximate surface area is 120 Å². The zero-order chi connectivity index (χ0) is 14.8. The van der Waals surface area contributed by atoms with Gasteiger partial charge in [-0.25, -0.2) is 0 Å². The second kappa shape index (κ2) is 20.2. The molecule has 0 saturated carbocycles. The van der Waals surface area contributed by atoms with E-state index in [-0.39, 0.29) is 0 Å². The average Bonchev–Trinajstić information content (AvgIpc) is 2.45. The van der Waals surface area contributed by atoms with Crippen LogP contribution in [0.25, 0.3) is 0 Å². The fourth-order valence-electron chi connectivity index (χ4n) is 1.37. The number of likely N-dealkylation sites (N-methyl/N-ethyl adjacent to an activating group) is 1. The first-order valence-corrected chi connectivity index (χ1v) is 7.64. The third kappa shape index (κ3) is 20.3. The zero-order valence-corrected chi connectivity index (χ0v) is 13.7. The number of hydrogen-bond donors (Lipinski definition) is 0. The van der Waals surface area contributed by atoms with Crippen LogP contribution in [0.5, 0.6) is 0 Å². The van der Waals surface area contributed by atoms with Crippen LogP contribution in [0.1, 0.15) is 40.0 Å². The summed E-state index contributed by atoms with van der Waals surface area (Å²) in [6.45, 7) is 12.1. The molecule has 0 amide bonds. The van der Waals surface area contributed by atoms with Crippen LogP contribution in [-0.4, -0.2) is 65.2 Å². The molecule has 0 aliphatic heterocycles. The molecule has 0 aliphatic rings. The molecule has 0 aromatic carbocycles. The van der Waals surface area contributed by atoms with Crippen molar-refractivity contribution in [3.63, 3.8) is 0 Å². The summed E-state index contributed by atoms with van der Waals surface area (Å²) in [5.41, 5.74) is 0. The maximum Gasteiger partial charge on any atom is 0.0700 e. The summed E-state index contributed by atoms with van der Waals surface area (Å²) in [7, 11) is 3.83. The molecule has 0 aromatic heterocycles. The predicted molar refractivity (Wildman–Crippen MR) is 81.9 cm³/mol. The average molecular weight is 277 g/mol. The van der Waals surface area contributed by atoms with E-state index in [0.717, 1.165) is 32.8 Å². The summed E-state index contributed by atoms with van der Waals surface area (Å²) in [6.07, 6.45) is 3.48. The quantitative estimate of drug-likeness (QED) is 0.484. The van der Waals surface area contributed by atoms with Gasteiger partial charge in [0.25, 0.3) is 0 Å². The van der Waals surface area contributed by atoms with Crippen molar-refractivity contribution < 1.29 is 14.2 Å². The summed E-state index contributed by atoms with van der Waals surface area (Å²) >= 11 is 0. The van der Waals surface area contributed by atoms with Crippen molar-refractivity contribution >= 4 is 0 Å². The van der Waals surface area contributed by atoms with E-state index >= 15 is 0 Å². The van der Waals surface area contributed by atoms with Gasteiger partial charge in [0, 0.05) is 26.9 Å². The first kappa shape index (κ1) is 21.1. The van der Waals surface area contributed by atoms with Gasteiger partial charge in [0.15, 0.2) is 0 Å². The van der Waals surface area contributed by atoms with Crippen molar-refractivity contribution in [3.05, 3.63) is 0 Å². The van der Waals surface area contributed by atoms with E-state index in [1.165, 1.54) is 19.4 Å². The van der Waals surface area contributed by atoms with Crippen LogP contribution in [0, 0.1) is 0 Å². The molecule has 0 fully saturated rings. The smallest absolute Gasteiger partial charge is 0.0700 e. The van der Waals surface area contributed by atoms with E-state index in [1.54, 1.807) is 7.11 Å². The fraction of sp³-hybridized carbons (Fsp3) is 1.00. The van der Waals surface area contributed by atoms with Gasteiger partial charge in [0.2, 0.25) is 0 Å². The minimum Gasteiger partial charge on any atom is -0.382 e. The number of nitrogens with zero attached hydrogens (tertiary/aromatic N) is 1. The Bertz CT molecular complexity index is 145. The summed E-state index contributed by atoms with van der Waals surface area (Å²) in [5, 5.41) is 0. The van der Waals surface area contributed by atoms with Crippen molar-refractivity contribution in [3.8, 4) is 0 Å². The molecule has 118 valence electrons. The van der Waals surface area contributed by atoms with Gasteiger partial charge in [-0.1, -0.05) is 27.2 Å². The topological polar surface area (TPSA) is 30.9 Å². The van der Waals surface area contributed by atoms with Gasteiger partial charge < -0.3 is 19.1 Å². The third-order valence-electron chi connectivity index (χ3n) is 2.52. The second-order valence-electron chi connectivity index (χ2n) is 4.23. The van der Waals surface area contributed by atoms with Crippen molar-refractivity contribution in [1.82, 2.24) is 4.90 Å². The summed E-state index contributed by atoms with van der Waals surface area (Å²) < 4.78 is 15.8. The van der Waals surface area contributed by atoms with E-state index in [9.17, 15) is 0 Å². The molecule has 19 heavy (non-hydrogen) atoms. The lowest BCUT2D eigenvalue weighted by atomic mass is 10.3. The SMILES string of the molecule is CC.CCCCN(C)CCOCCCOCCOC. The van der Waals surface area contributed by atoms with E-state index in [1.807, 2.05) is 13.8 Å². The normalized spacial score (nSPS) is 10.4. The molecule has 0 unspecified atom stereocenters. The number of rotatable bonds is 13. The molecule has 0 aliphatic carbocycles. The van der Waals surface area contributed by atoms with Crippen molar-refractivity contribution in [2.24, 2.45) is 0 Å². The third-order valence-corrected chi connectivity index (χ3v) is 2.52. The highest BCUT2D eigenvalue weighted by Gasteiger charge is 1.97. The van der Waals surface area contributed by atoms with Gasteiger partial charge in [-0.2, -0.15) is 0 Å². The zero-order valence-electron chi connectivity index (χ0n) is 13.7. The van der Waals surface area contributed by atoms with Gasteiger partial charge in [-0.15, -0.1) is 0 Å². The molecular weight excluding hydrogens is 242 g/mol. The Balaban J connectivity index is 0. The molecule has 0 radical (unpaired) electrons. The Morgan fingerprint density at radius 1 is 0.789 bits per heavy atom.